The molecule has 0 amide bonds. The Morgan fingerprint density at radius 1 is 1.29 bits per heavy atom. The Balaban J connectivity index is 2.69. The maximum Gasteiger partial charge on any atom is 0.339 e. The van der Waals surface area contributed by atoms with Crippen molar-refractivity contribution in [2.75, 3.05) is 0 Å². The molecule has 0 saturated carbocycles. The Labute approximate surface area is 98.8 Å². The first kappa shape index (κ1) is 11.3. The Hall–Kier alpha value is -2.17. The fourth-order valence-corrected chi connectivity index (χ4v) is 1.65. The van der Waals surface area contributed by atoms with E-state index in [-0.39, 0.29) is 5.56 Å². The fraction of sp³-hybridized carbons (Fsp3) is 0.250. The van der Waals surface area contributed by atoms with Crippen LogP contribution in [0.4, 0.5) is 0 Å². The van der Waals surface area contributed by atoms with Crippen LogP contribution in [0, 0.1) is 20.8 Å². The Morgan fingerprint density at radius 2 is 2.00 bits per heavy atom. The highest BCUT2D eigenvalue weighted by Gasteiger charge is 2.14. The number of hydrogen-bond acceptors (Lipinski definition) is 3. The smallest absolute Gasteiger partial charge is 0.339 e. The lowest BCUT2D eigenvalue weighted by molar-refractivity contribution is 0.0696. The van der Waals surface area contributed by atoms with Crippen LogP contribution in [0.15, 0.2) is 18.6 Å². The number of aromatic nitrogens is 3. The molecule has 0 aliphatic carbocycles. The number of aryl methyl sites for hydroxylation is 2. The molecule has 88 valence electrons. The molecule has 1 N–H and O–H groups in total. The van der Waals surface area contributed by atoms with E-state index >= 15 is 0 Å². The van der Waals surface area contributed by atoms with Gasteiger partial charge in [0, 0.05) is 17.6 Å². The van der Waals surface area contributed by atoms with Gasteiger partial charge in [-0.25, -0.2) is 9.78 Å². The normalized spacial score (nSPS) is 10.5. The zero-order valence-corrected chi connectivity index (χ0v) is 9.93. The minimum atomic E-state index is -0.988. The lowest BCUT2D eigenvalue weighted by Gasteiger charge is -2.09. The third kappa shape index (κ3) is 1.91. The van der Waals surface area contributed by atoms with E-state index in [0.717, 1.165) is 17.1 Å². The van der Waals surface area contributed by atoms with Crippen molar-refractivity contribution in [1.29, 1.82) is 0 Å². The quantitative estimate of drug-likeness (QED) is 0.857. The maximum atomic E-state index is 11.2. The minimum absolute atomic E-state index is 0.177. The zero-order chi connectivity index (χ0) is 12.6. The third-order valence-electron chi connectivity index (χ3n) is 2.76. The number of carbonyl (C=O) groups is 1. The van der Waals surface area contributed by atoms with Gasteiger partial charge in [0.25, 0.3) is 0 Å². The molecule has 0 fully saturated rings. The molecule has 2 heterocycles. The molecule has 2 aromatic heterocycles. The van der Waals surface area contributed by atoms with Crippen molar-refractivity contribution >= 4 is 5.97 Å². The van der Waals surface area contributed by atoms with Crippen LogP contribution >= 0.6 is 0 Å². The molecular weight excluding hydrogens is 218 g/mol. The van der Waals surface area contributed by atoms with Gasteiger partial charge in [0.15, 0.2) is 0 Å². The van der Waals surface area contributed by atoms with Gasteiger partial charge in [-0.3, -0.25) is 4.98 Å². The monoisotopic (exact) mass is 231 g/mol. The number of nitrogens with zero attached hydrogens (tertiary/aromatic N) is 3. The van der Waals surface area contributed by atoms with Crippen LogP contribution in [0.5, 0.6) is 0 Å². The van der Waals surface area contributed by atoms with Gasteiger partial charge in [0.1, 0.15) is 5.56 Å². The predicted molar refractivity (Wildman–Crippen MR) is 62.5 cm³/mol. The summed E-state index contributed by atoms with van der Waals surface area (Å²) in [6, 6.07) is 1.75. The van der Waals surface area contributed by atoms with Gasteiger partial charge >= 0.3 is 5.97 Å². The summed E-state index contributed by atoms with van der Waals surface area (Å²) in [5.41, 5.74) is 3.36. The van der Waals surface area contributed by atoms with Gasteiger partial charge in [-0.05, 0) is 26.8 Å². The van der Waals surface area contributed by atoms with Gasteiger partial charge in [-0.2, -0.15) is 0 Å². The van der Waals surface area contributed by atoms with Gasteiger partial charge in [0.05, 0.1) is 17.7 Å². The highest BCUT2D eigenvalue weighted by Crippen LogP contribution is 2.18. The zero-order valence-electron chi connectivity index (χ0n) is 9.93. The summed E-state index contributed by atoms with van der Waals surface area (Å²) in [5.74, 6) is -0.988. The number of pyridine rings is 1. The van der Waals surface area contributed by atoms with Crippen molar-refractivity contribution in [3.05, 3.63) is 41.2 Å². The molecule has 2 aromatic rings. The van der Waals surface area contributed by atoms with Gasteiger partial charge in [0.2, 0.25) is 0 Å². The van der Waals surface area contributed by atoms with E-state index in [9.17, 15) is 4.79 Å². The Kier molecular flexibility index (Phi) is 2.67. The second-order valence-corrected chi connectivity index (χ2v) is 3.93. The summed E-state index contributed by atoms with van der Waals surface area (Å²) in [6.45, 7) is 5.62. The molecule has 0 radical (unpaired) electrons. The Morgan fingerprint density at radius 3 is 2.53 bits per heavy atom. The fourth-order valence-electron chi connectivity index (χ4n) is 1.65. The van der Waals surface area contributed by atoms with E-state index in [1.54, 1.807) is 17.0 Å². The molecule has 2 rings (SSSR count). The molecule has 0 aliphatic rings. The van der Waals surface area contributed by atoms with Crippen molar-refractivity contribution < 1.29 is 9.90 Å². The van der Waals surface area contributed by atoms with E-state index in [1.165, 1.54) is 6.20 Å². The van der Waals surface area contributed by atoms with E-state index in [1.807, 2.05) is 20.8 Å². The Bertz CT molecular complexity index is 587. The van der Waals surface area contributed by atoms with Crippen molar-refractivity contribution in [2.24, 2.45) is 0 Å². The molecule has 0 spiro atoms. The summed E-state index contributed by atoms with van der Waals surface area (Å²) >= 11 is 0. The standard InChI is InChI=1S/C12H13N3O2/c1-7-4-11(10(5-13-7)12(16)17)15-6-14-8(2)9(15)3/h4-6H,1-3H3,(H,16,17). The molecule has 0 saturated heterocycles. The number of carboxylic acids is 1. The number of hydrogen-bond donors (Lipinski definition) is 1. The lowest BCUT2D eigenvalue weighted by Crippen LogP contribution is -2.07. The SMILES string of the molecule is Cc1cc(-n2cnc(C)c2C)c(C(=O)O)cn1. The molecule has 17 heavy (non-hydrogen) atoms. The van der Waals surface area contributed by atoms with Crippen molar-refractivity contribution in [2.45, 2.75) is 20.8 Å². The van der Waals surface area contributed by atoms with Crippen LogP contribution in [0.25, 0.3) is 5.69 Å². The van der Waals surface area contributed by atoms with Gasteiger partial charge in [-0.1, -0.05) is 0 Å². The average Bonchev–Trinajstić information content (AvgIpc) is 2.59. The van der Waals surface area contributed by atoms with Crippen molar-refractivity contribution in [3.8, 4) is 5.69 Å². The van der Waals surface area contributed by atoms with Gasteiger partial charge < -0.3 is 9.67 Å². The molecule has 5 nitrogen and oxygen atoms in total. The number of carboxylic acid groups (broad SMARTS) is 1. The summed E-state index contributed by atoms with van der Waals surface area (Å²) in [6.07, 6.45) is 3.01. The first-order valence-corrected chi connectivity index (χ1v) is 5.21. The summed E-state index contributed by atoms with van der Waals surface area (Å²) in [7, 11) is 0. The predicted octanol–water partition coefficient (Wildman–Crippen LogP) is 1.89. The van der Waals surface area contributed by atoms with E-state index in [2.05, 4.69) is 9.97 Å². The molecule has 0 aromatic carbocycles. The van der Waals surface area contributed by atoms with E-state index in [0.29, 0.717) is 5.69 Å². The van der Waals surface area contributed by atoms with Crippen LogP contribution in [0.3, 0.4) is 0 Å². The largest absolute Gasteiger partial charge is 0.478 e. The summed E-state index contributed by atoms with van der Waals surface area (Å²) in [4.78, 5) is 19.3. The maximum absolute atomic E-state index is 11.2. The van der Waals surface area contributed by atoms with Crippen LogP contribution in [0.2, 0.25) is 0 Å². The second kappa shape index (κ2) is 4.01. The molecule has 0 aliphatic heterocycles. The van der Waals surface area contributed by atoms with E-state index < -0.39 is 5.97 Å². The first-order chi connectivity index (χ1) is 8.00. The van der Waals surface area contributed by atoms with E-state index in [4.69, 9.17) is 5.11 Å². The number of imidazole rings is 1. The third-order valence-corrected chi connectivity index (χ3v) is 2.76. The van der Waals surface area contributed by atoms with Crippen molar-refractivity contribution in [1.82, 2.24) is 14.5 Å². The highest BCUT2D eigenvalue weighted by molar-refractivity contribution is 5.91. The molecule has 0 unspecified atom stereocenters. The van der Waals surface area contributed by atoms with Crippen LogP contribution in [0.1, 0.15) is 27.4 Å². The summed E-state index contributed by atoms with van der Waals surface area (Å²) < 4.78 is 1.77. The topological polar surface area (TPSA) is 68.0 Å². The van der Waals surface area contributed by atoms with Gasteiger partial charge in [-0.15, -0.1) is 0 Å². The second-order valence-electron chi connectivity index (χ2n) is 3.93. The summed E-state index contributed by atoms with van der Waals surface area (Å²) in [5, 5.41) is 9.14. The molecular formula is C12H13N3O2. The minimum Gasteiger partial charge on any atom is -0.478 e. The van der Waals surface area contributed by atoms with Crippen LogP contribution in [-0.4, -0.2) is 25.6 Å². The molecule has 0 bridgehead atoms. The molecule has 5 heteroatoms. The number of aromatic carboxylic acids is 1. The average molecular weight is 231 g/mol. The van der Waals surface area contributed by atoms with Crippen LogP contribution in [-0.2, 0) is 0 Å². The molecule has 0 atom stereocenters. The number of rotatable bonds is 2. The highest BCUT2D eigenvalue weighted by atomic mass is 16.4. The van der Waals surface area contributed by atoms with Crippen molar-refractivity contribution in [3.63, 3.8) is 0 Å². The first-order valence-electron chi connectivity index (χ1n) is 5.21. The lowest BCUT2D eigenvalue weighted by atomic mass is 10.2. The van der Waals surface area contributed by atoms with Crippen LogP contribution < -0.4 is 0 Å².